The van der Waals surface area contributed by atoms with Crippen molar-refractivity contribution in [3.8, 4) is 22.6 Å². The summed E-state index contributed by atoms with van der Waals surface area (Å²) in [6.07, 6.45) is 2.19. The molecule has 0 bridgehead atoms. The third kappa shape index (κ3) is 3.36. The molecule has 8 heteroatoms. The van der Waals surface area contributed by atoms with E-state index in [1.54, 1.807) is 4.57 Å². The summed E-state index contributed by atoms with van der Waals surface area (Å²) in [7, 11) is 0. The van der Waals surface area contributed by atoms with Gasteiger partial charge in [-0.05, 0) is 42.8 Å². The molecule has 3 heterocycles. The van der Waals surface area contributed by atoms with Crippen LogP contribution in [0.25, 0.3) is 22.2 Å². The lowest BCUT2D eigenvalue weighted by atomic mass is 10.0. The molecule has 1 aliphatic rings. The van der Waals surface area contributed by atoms with E-state index in [0.717, 1.165) is 18.7 Å². The van der Waals surface area contributed by atoms with E-state index in [1.165, 1.54) is 6.33 Å². The minimum Gasteiger partial charge on any atom is -0.477 e. The Balaban J connectivity index is 1.65. The molecular formula is C23H21N5O3. The number of nitrogens with zero attached hydrogens (tertiary/aromatic N) is 3. The van der Waals surface area contributed by atoms with Crippen molar-refractivity contribution in [3.63, 3.8) is 0 Å². The highest BCUT2D eigenvalue weighted by Crippen LogP contribution is 2.40. The van der Waals surface area contributed by atoms with E-state index in [9.17, 15) is 9.90 Å². The van der Waals surface area contributed by atoms with Crippen molar-refractivity contribution >= 4 is 22.8 Å². The number of benzene rings is 2. The van der Waals surface area contributed by atoms with Crippen LogP contribution in [0.1, 0.15) is 23.0 Å². The molecule has 0 radical (unpaired) electrons. The van der Waals surface area contributed by atoms with Crippen LogP contribution in [-0.2, 0) is 0 Å². The number of nitrogens with one attached hydrogen (secondary N) is 1. The van der Waals surface area contributed by atoms with Gasteiger partial charge in [0.2, 0.25) is 0 Å². The van der Waals surface area contributed by atoms with Crippen LogP contribution < -0.4 is 15.8 Å². The third-order valence-corrected chi connectivity index (χ3v) is 5.54. The minimum atomic E-state index is -1.02. The number of nitrogens with two attached hydrogens (primary N) is 1. The van der Waals surface area contributed by atoms with Crippen LogP contribution in [0.15, 0.2) is 60.9 Å². The Morgan fingerprint density at radius 1 is 1.10 bits per heavy atom. The zero-order valence-electron chi connectivity index (χ0n) is 16.7. The molecule has 4 aromatic rings. The third-order valence-electron chi connectivity index (χ3n) is 5.54. The van der Waals surface area contributed by atoms with Crippen LogP contribution >= 0.6 is 0 Å². The second kappa shape index (κ2) is 7.73. The quantitative estimate of drug-likeness (QED) is 0.455. The smallest absolute Gasteiger partial charge is 0.353 e. The molecule has 8 nitrogen and oxygen atoms in total. The molecule has 0 amide bonds. The summed E-state index contributed by atoms with van der Waals surface area (Å²) >= 11 is 0. The first-order chi connectivity index (χ1) is 15.1. The van der Waals surface area contributed by atoms with Crippen molar-refractivity contribution in [2.24, 2.45) is 0 Å². The lowest BCUT2D eigenvalue weighted by molar-refractivity contribution is 0.0684. The maximum absolute atomic E-state index is 12.4. The number of para-hydroxylation sites is 1. The first-order valence-corrected chi connectivity index (χ1v) is 10.0. The summed E-state index contributed by atoms with van der Waals surface area (Å²) in [5.41, 5.74) is 8.17. The van der Waals surface area contributed by atoms with Crippen LogP contribution in [0.4, 0.5) is 5.82 Å². The van der Waals surface area contributed by atoms with E-state index in [2.05, 4.69) is 15.3 Å². The fraction of sp³-hybridized carbons (Fsp3) is 0.174. The molecule has 0 aliphatic carbocycles. The fourth-order valence-corrected chi connectivity index (χ4v) is 4.18. The Kier molecular flexibility index (Phi) is 4.76. The molecule has 1 aliphatic heterocycles. The molecule has 2 aromatic heterocycles. The van der Waals surface area contributed by atoms with Gasteiger partial charge in [0.1, 0.15) is 35.0 Å². The highest BCUT2D eigenvalue weighted by atomic mass is 16.5. The fourth-order valence-electron chi connectivity index (χ4n) is 4.18. The molecule has 31 heavy (non-hydrogen) atoms. The monoisotopic (exact) mass is 415 g/mol. The van der Waals surface area contributed by atoms with Gasteiger partial charge in [0.05, 0.1) is 5.39 Å². The minimum absolute atomic E-state index is 0.0164. The molecule has 1 atom stereocenters. The number of carboxylic acid groups (broad SMARTS) is 1. The first kappa shape index (κ1) is 19.1. The second-order valence-electron chi connectivity index (χ2n) is 7.44. The van der Waals surface area contributed by atoms with Crippen molar-refractivity contribution in [3.05, 3.63) is 66.6 Å². The number of aromatic nitrogens is 3. The number of fused-ring (bicyclic) bond motifs is 1. The van der Waals surface area contributed by atoms with Crippen molar-refractivity contribution in [1.29, 1.82) is 0 Å². The van der Waals surface area contributed by atoms with Gasteiger partial charge in [-0.2, -0.15) is 0 Å². The van der Waals surface area contributed by atoms with Gasteiger partial charge in [0.15, 0.2) is 0 Å². The molecule has 5 rings (SSSR count). The van der Waals surface area contributed by atoms with Gasteiger partial charge < -0.3 is 25.5 Å². The number of carboxylic acids is 1. The second-order valence-corrected chi connectivity index (χ2v) is 7.44. The maximum Gasteiger partial charge on any atom is 0.353 e. The normalized spacial score (nSPS) is 15.9. The summed E-state index contributed by atoms with van der Waals surface area (Å²) in [6.45, 7) is 1.50. The van der Waals surface area contributed by atoms with Crippen LogP contribution in [-0.4, -0.2) is 38.7 Å². The van der Waals surface area contributed by atoms with Gasteiger partial charge >= 0.3 is 5.97 Å². The van der Waals surface area contributed by atoms with Crippen molar-refractivity contribution in [1.82, 2.24) is 19.9 Å². The standard InChI is InChI=1S/C23H21N5O3/c24-21-19-18(14-6-8-17(9-7-14)31-16-4-2-1-3-5-16)20(23(29)30)28(15-10-11-25-12-15)22(19)27-13-26-21/h1-9,13,15,25H,10-12H2,(H,29,30)(H2,24,26,27). The number of aromatic carboxylic acids is 1. The Morgan fingerprint density at radius 3 is 2.52 bits per heavy atom. The van der Waals surface area contributed by atoms with E-state index < -0.39 is 5.97 Å². The average Bonchev–Trinajstić information content (AvgIpc) is 3.41. The molecule has 1 unspecified atom stereocenters. The molecule has 1 fully saturated rings. The number of ether oxygens (including phenoxy) is 1. The zero-order chi connectivity index (χ0) is 21.4. The highest BCUT2D eigenvalue weighted by Gasteiger charge is 2.31. The lowest BCUT2D eigenvalue weighted by Crippen LogP contribution is -2.18. The Labute approximate surface area is 178 Å². The zero-order valence-corrected chi connectivity index (χ0v) is 16.7. The number of anilines is 1. The number of nitrogen functional groups attached to an aromatic ring is 1. The van der Waals surface area contributed by atoms with E-state index in [1.807, 2.05) is 54.6 Å². The number of rotatable bonds is 5. The van der Waals surface area contributed by atoms with E-state index in [-0.39, 0.29) is 17.6 Å². The molecule has 1 saturated heterocycles. The van der Waals surface area contributed by atoms with Crippen LogP contribution in [0.2, 0.25) is 0 Å². The van der Waals surface area contributed by atoms with Crippen LogP contribution in [0.5, 0.6) is 11.5 Å². The predicted molar refractivity (Wildman–Crippen MR) is 117 cm³/mol. The molecule has 4 N–H and O–H groups in total. The van der Waals surface area contributed by atoms with Gasteiger partial charge in [-0.25, -0.2) is 14.8 Å². The number of carbonyl (C=O) groups is 1. The van der Waals surface area contributed by atoms with Crippen molar-refractivity contribution in [2.75, 3.05) is 18.8 Å². The topological polar surface area (TPSA) is 115 Å². The van der Waals surface area contributed by atoms with Crippen molar-refractivity contribution in [2.45, 2.75) is 12.5 Å². The van der Waals surface area contributed by atoms with Crippen LogP contribution in [0, 0.1) is 0 Å². The Morgan fingerprint density at radius 2 is 1.84 bits per heavy atom. The molecule has 156 valence electrons. The van der Waals surface area contributed by atoms with E-state index >= 15 is 0 Å². The Hall–Kier alpha value is -3.91. The van der Waals surface area contributed by atoms with Gasteiger partial charge in [-0.1, -0.05) is 30.3 Å². The summed E-state index contributed by atoms with van der Waals surface area (Å²) in [5.74, 6) is 0.616. The molecular weight excluding hydrogens is 394 g/mol. The van der Waals surface area contributed by atoms with Crippen LogP contribution in [0.3, 0.4) is 0 Å². The Bertz CT molecular complexity index is 1250. The molecule has 2 aromatic carbocycles. The average molecular weight is 415 g/mol. The SMILES string of the molecule is Nc1ncnc2c1c(-c1ccc(Oc3ccccc3)cc1)c(C(=O)O)n2C1CCNC1. The molecule has 0 spiro atoms. The van der Waals surface area contributed by atoms with Gasteiger partial charge in [-0.3, -0.25) is 0 Å². The number of hydrogen-bond acceptors (Lipinski definition) is 6. The lowest BCUT2D eigenvalue weighted by Gasteiger charge is -2.15. The summed E-state index contributed by atoms with van der Waals surface area (Å²) < 4.78 is 7.66. The predicted octanol–water partition coefficient (Wildman–Crippen LogP) is 3.71. The summed E-state index contributed by atoms with van der Waals surface area (Å²) in [6, 6.07) is 16.8. The van der Waals surface area contributed by atoms with Gasteiger partial charge in [-0.15, -0.1) is 0 Å². The maximum atomic E-state index is 12.4. The summed E-state index contributed by atoms with van der Waals surface area (Å²) in [5, 5.41) is 14.0. The van der Waals surface area contributed by atoms with Gasteiger partial charge in [0, 0.05) is 18.2 Å². The molecule has 0 saturated carbocycles. The van der Waals surface area contributed by atoms with Gasteiger partial charge in [0.25, 0.3) is 0 Å². The highest BCUT2D eigenvalue weighted by molar-refractivity contribution is 6.10. The van der Waals surface area contributed by atoms with E-state index in [4.69, 9.17) is 10.5 Å². The van der Waals surface area contributed by atoms with Crippen molar-refractivity contribution < 1.29 is 14.6 Å². The number of hydrogen-bond donors (Lipinski definition) is 3. The van der Waals surface area contributed by atoms with E-state index in [0.29, 0.717) is 34.5 Å². The largest absolute Gasteiger partial charge is 0.477 e. The first-order valence-electron chi connectivity index (χ1n) is 10.0. The summed E-state index contributed by atoms with van der Waals surface area (Å²) in [4.78, 5) is 20.9.